The van der Waals surface area contributed by atoms with E-state index in [9.17, 15) is 14.7 Å². The molecule has 0 aromatic carbocycles. The minimum Gasteiger partial charge on any atom is -0.389 e. The van der Waals surface area contributed by atoms with Gasteiger partial charge in [0.2, 0.25) is 5.91 Å². The first-order valence-electron chi connectivity index (χ1n) is 9.91. The van der Waals surface area contributed by atoms with E-state index in [2.05, 4.69) is 36.5 Å². The summed E-state index contributed by atoms with van der Waals surface area (Å²) < 4.78 is 1.04. The Morgan fingerprint density at radius 3 is 2.68 bits per heavy atom. The van der Waals surface area contributed by atoms with Crippen LogP contribution in [0.25, 0.3) is 0 Å². The Kier molecular flexibility index (Phi) is 5.53. The molecular formula is C20H31ClN4O3. The number of anilines is 1. The molecule has 1 aromatic heterocycles. The summed E-state index contributed by atoms with van der Waals surface area (Å²) in [5.41, 5.74) is -0.611. The monoisotopic (exact) mass is 410 g/mol. The van der Waals surface area contributed by atoms with Crippen molar-refractivity contribution < 1.29 is 9.90 Å². The lowest BCUT2D eigenvalue weighted by Gasteiger charge is -2.62. The fraction of sp³-hybridized carbons (Fsp3) is 0.750. The molecule has 3 aliphatic rings. The number of amides is 1. The second-order valence-corrected chi connectivity index (χ2v) is 10.0. The molecule has 3 N–H and O–H groups in total. The van der Waals surface area contributed by atoms with Crippen LogP contribution in [0.2, 0.25) is 5.02 Å². The smallest absolute Gasteiger partial charge is 0.288 e. The Balaban J connectivity index is 1.66. The van der Waals surface area contributed by atoms with E-state index in [0.29, 0.717) is 28.9 Å². The number of hydrogen-bond acceptors (Lipinski definition) is 5. The van der Waals surface area contributed by atoms with Crippen LogP contribution >= 0.6 is 11.6 Å². The number of halogens is 1. The second kappa shape index (κ2) is 7.34. The van der Waals surface area contributed by atoms with Gasteiger partial charge in [0, 0.05) is 12.6 Å². The molecule has 3 saturated carbocycles. The predicted molar refractivity (Wildman–Crippen MR) is 109 cm³/mol. The molecule has 4 atom stereocenters. The van der Waals surface area contributed by atoms with E-state index in [-0.39, 0.29) is 24.2 Å². The van der Waals surface area contributed by atoms with Crippen LogP contribution in [0.3, 0.4) is 0 Å². The molecule has 156 valence electrons. The van der Waals surface area contributed by atoms with Crippen LogP contribution in [0.5, 0.6) is 0 Å². The normalized spacial score (nSPS) is 28.4. The first-order chi connectivity index (χ1) is 12.9. The Hall–Kier alpha value is -1.60. The maximum atomic E-state index is 12.5. The quantitative estimate of drug-likeness (QED) is 0.668. The van der Waals surface area contributed by atoms with E-state index in [0.717, 1.165) is 11.1 Å². The van der Waals surface area contributed by atoms with Gasteiger partial charge in [-0.2, -0.15) is 5.10 Å². The number of hydrogen-bond donors (Lipinski definition) is 3. The molecule has 0 saturated heterocycles. The van der Waals surface area contributed by atoms with Gasteiger partial charge in [0.1, 0.15) is 11.6 Å². The fourth-order valence-electron chi connectivity index (χ4n) is 4.73. The zero-order valence-electron chi connectivity index (χ0n) is 17.3. The van der Waals surface area contributed by atoms with Crippen molar-refractivity contribution in [3.63, 3.8) is 0 Å². The molecule has 1 heterocycles. The lowest BCUT2D eigenvalue weighted by atomic mass is 9.45. The topological polar surface area (TPSA) is 96.2 Å². The van der Waals surface area contributed by atoms with Gasteiger partial charge in [-0.05, 0) is 49.9 Å². The molecule has 28 heavy (non-hydrogen) atoms. The summed E-state index contributed by atoms with van der Waals surface area (Å²) in [6, 6.07) is 0.265. The maximum absolute atomic E-state index is 12.5. The summed E-state index contributed by atoms with van der Waals surface area (Å²) in [5.74, 6) is 1.45. The number of nitrogens with one attached hydrogen (secondary N) is 2. The van der Waals surface area contributed by atoms with Crippen molar-refractivity contribution in [1.29, 1.82) is 0 Å². The van der Waals surface area contributed by atoms with E-state index in [1.807, 2.05) is 0 Å². The third kappa shape index (κ3) is 4.06. The van der Waals surface area contributed by atoms with Gasteiger partial charge in [0.15, 0.2) is 0 Å². The van der Waals surface area contributed by atoms with Crippen LogP contribution in [0, 0.1) is 23.2 Å². The van der Waals surface area contributed by atoms with Gasteiger partial charge >= 0.3 is 0 Å². The van der Waals surface area contributed by atoms with Crippen LogP contribution in [-0.4, -0.2) is 39.0 Å². The Bertz CT molecular complexity index is 815. The maximum Gasteiger partial charge on any atom is 0.288 e. The van der Waals surface area contributed by atoms with Crippen LogP contribution in [0.4, 0.5) is 5.69 Å². The average Bonchev–Trinajstić information content (AvgIpc) is 2.60. The summed E-state index contributed by atoms with van der Waals surface area (Å²) in [6.07, 6.45) is 3.86. The zero-order chi connectivity index (χ0) is 20.9. The third-order valence-corrected chi connectivity index (χ3v) is 7.06. The van der Waals surface area contributed by atoms with Gasteiger partial charge in [0.25, 0.3) is 5.56 Å². The highest BCUT2D eigenvalue weighted by Crippen LogP contribution is 2.61. The first-order valence-corrected chi connectivity index (χ1v) is 10.3. The van der Waals surface area contributed by atoms with E-state index < -0.39 is 17.1 Å². The molecule has 3 fully saturated rings. The van der Waals surface area contributed by atoms with E-state index >= 15 is 0 Å². The largest absolute Gasteiger partial charge is 0.389 e. The van der Waals surface area contributed by atoms with Crippen molar-refractivity contribution in [3.05, 3.63) is 21.6 Å². The summed E-state index contributed by atoms with van der Waals surface area (Å²) in [6.45, 7) is 9.97. The number of fused-ring (bicyclic) bond motifs is 2. The highest BCUT2D eigenvalue weighted by Gasteiger charge is 2.56. The van der Waals surface area contributed by atoms with E-state index in [1.54, 1.807) is 13.8 Å². The molecule has 1 aromatic rings. The number of aliphatic hydroxyl groups is 1. The number of rotatable bonds is 6. The zero-order valence-corrected chi connectivity index (χ0v) is 18.0. The van der Waals surface area contributed by atoms with Gasteiger partial charge in [-0.15, -0.1) is 0 Å². The van der Waals surface area contributed by atoms with E-state index in [1.165, 1.54) is 12.6 Å². The standard InChI is InChI=1S/C20H31ClN4O3/c1-11-13-6-12(20(13,4)5)7-14(11)24-15-8-23-25(18(27)17(15)21)9-16(26)22-10-19(2,3)28/h8,11-14,24,28H,6-7,9-10H2,1-5H3,(H,22,26)/t11-,12-,13+,14-/m1/s1. The number of nitrogens with zero attached hydrogens (tertiary/aromatic N) is 2. The molecule has 0 spiro atoms. The average molecular weight is 411 g/mol. The Labute approximate surface area is 170 Å². The number of aromatic nitrogens is 2. The van der Waals surface area contributed by atoms with E-state index in [4.69, 9.17) is 11.6 Å². The molecule has 8 heteroatoms. The van der Waals surface area contributed by atoms with Crippen molar-refractivity contribution in [1.82, 2.24) is 15.1 Å². The minimum absolute atomic E-state index is 0.0518. The lowest BCUT2D eigenvalue weighted by Crippen LogP contribution is -2.58. The molecule has 0 aliphatic heterocycles. The summed E-state index contributed by atoms with van der Waals surface area (Å²) in [4.78, 5) is 24.5. The van der Waals surface area contributed by atoms with Crippen LogP contribution < -0.4 is 16.2 Å². The molecule has 2 bridgehead atoms. The van der Waals surface area contributed by atoms with Crippen molar-refractivity contribution >= 4 is 23.2 Å². The van der Waals surface area contributed by atoms with Gasteiger partial charge in [-0.3, -0.25) is 9.59 Å². The van der Waals surface area contributed by atoms with Crippen molar-refractivity contribution in [2.75, 3.05) is 11.9 Å². The summed E-state index contributed by atoms with van der Waals surface area (Å²) in [5, 5.41) is 19.8. The van der Waals surface area contributed by atoms with Crippen LogP contribution in [-0.2, 0) is 11.3 Å². The summed E-state index contributed by atoms with van der Waals surface area (Å²) >= 11 is 6.29. The molecule has 1 amide bonds. The highest BCUT2D eigenvalue weighted by molar-refractivity contribution is 6.32. The molecule has 4 rings (SSSR count). The first kappa shape index (κ1) is 21.1. The molecular weight excluding hydrogens is 380 g/mol. The SMILES string of the molecule is C[C@H]1[C@H](Nc2cnn(CC(=O)NCC(C)(C)O)c(=O)c2Cl)C[C@H]2C[C@@H]1C2(C)C. The predicted octanol–water partition coefficient (Wildman–Crippen LogP) is 2.27. The molecule has 0 unspecified atom stereocenters. The van der Waals surface area contributed by atoms with Gasteiger partial charge in [-0.1, -0.05) is 32.4 Å². The number of carbonyl (C=O) groups excluding carboxylic acids is 1. The lowest BCUT2D eigenvalue weighted by molar-refractivity contribution is -0.122. The van der Waals surface area contributed by atoms with Gasteiger partial charge in [-0.25, -0.2) is 4.68 Å². The second-order valence-electron chi connectivity index (χ2n) is 9.63. The van der Waals surface area contributed by atoms with Crippen molar-refractivity contribution in [2.45, 2.75) is 65.6 Å². The highest BCUT2D eigenvalue weighted by atomic mass is 35.5. The van der Waals surface area contributed by atoms with Gasteiger partial charge in [0.05, 0.1) is 17.5 Å². The fourth-order valence-corrected chi connectivity index (χ4v) is 4.93. The van der Waals surface area contributed by atoms with Crippen LogP contribution in [0.15, 0.2) is 11.0 Å². The molecule has 7 nitrogen and oxygen atoms in total. The third-order valence-electron chi connectivity index (χ3n) is 6.69. The minimum atomic E-state index is -1.02. The number of carbonyl (C=O) groups is 1. The molecule has 3 aliphatic carbocycles. The summed E-state index contributed by atoms with van der Waals surface area (Å²) in [7, 11) is 0. The Morgan fingerprint density at radius 2 is 2.11 bits per heavy atom. The van der Waals surface area contributed by atoms with Gasteiger partial charge < -0.3 is 15.7 Å². The van der Waals surface area contributed by atoms with Crippen molar-refractivity contribution in [2.24, 2.45) is 23.2 Å². The Morgan fingerprint density at radius 1 is 1.43 bits per heavy atom. The van der Waals surface area contributed by atoms with Crippen LogP contribution in [0.1, 0.15) is 47.5 Å². The molecule has 0 radical (unpaired) electrons. The van der Waals surface area contributed by atoms with Crippen molar-refractivity contribution in [3.8, 4) is 0 Å².